The van der Waals surface area contributed by atoms with Gasteiger partial charge in [-0.1, -0.05) is 13.0 Å². The maximum absolute atomic E-state index is 10.8. The first-order chi connectivity index (χ1) is 11.6. The van der Waals surface area contributed by atoms with E-state index in [9.17, 15) is 10.2 Å². The molecule has 4 heteroatoms. The average molecular weight is 330 g/mol. The molecule has 130 valence electrons. The van der Waals surface area contributed by atoms with E-state index in [4.69, 9.17) is 9.47 Å². The number of phenols is 1. The Morgan fingerprint density at radius 2 is 1.96 bits per heavy atom. The predicted molar refractivity (Wildman–Crippen MR) is 88.7 cm³/mol. The van der Waals surface area contributed by atoms with Crippen LogP contribution in [0.4, 0.5) is 0 Å². The highest BCUT2D eigenvalue weighted by Gasteiger charge is 2.69. The van der Waals surface area contributed by atoms with Crippen molar-refractivity contribution in [2.24, 2.45) is 17.3 Å². The van der Waals surface area contributed by atoms with Gasteiger partial charge in [0.25, 0.3) is 0 Å². The Morgan fingerprint density at radius 1 is 1.17 bits per heavy atom. The molecule has 0 radical (unpaired) electrons. The number of ether oxygens (including phenoxy) is 2. The molecule has 4 aliphatic rings. The zero-order chi connectivity index (χ0) is 16.5. The molecule has 1 aromatic rings. The monoisotopic (exact) mass is 330 g/mol. The van der Waals surface area contributed by atoms with Gasteiger partial charge >= 0.3 is 0 Å². The zero-order valence-corrected chi connectivity index (χ0v) is 14.2. The molecule has 0 amide bonds. The SMILES string of the molecule is C[C@]12CC[C@H]3c4ccc(O)cc4CC[C@H]3[C@H]1C[C@@H](O)C21OCCO1. The van der Waals surface area contributed by atoms with Crippen molar-refractivity contribution >= 4 is 0 Å². The molecule has 5 rings (SSSR count). The molecule has 2 saturated carbocycles. The van der Waals surface area contributed by atoms with Crippen molar-refractivity contribution in [3.8, 4) is 5.75 Å². The number of aliphatic hydroxyl groups excluding tert-OH is 1. The Kier molecular flexibility index (Phi) is 3.14. The van der Waals surface area contributed by atoms with Crippen LogP contribution in [0.2, 0.25) is 0 Å². The number of hydrogen-bond acceptors (Lipinski definition) is 4. The van der Waals surface area contributed by atoms with Crippen LogP contribution in [0.3, 0.4) is 0 Å². The van der Waals surface area contributed by atoms with Gasteiger partial charge in [-0.15, -0.1) is 0 Å². The number of rotatable bonds is 0. The molecule has 3 aliphatic carbocycles. The van der Waals surface area contributed by atoms with Gasteiger partial charge in [-0.05, 0) is 73.1 Å². The summed E-state index contributed by atoms with van der Waals surface area (Å²) in [6.07, 6.45) is 4.54. The minimum Gasteiger partial charge on any atom is -0.508 e. The topological polar surface area (TPSA) is 58.9 Å². The van der Waals surface area contributed by atoms with Gasteiger partial charge < -0.3 is 19.7 Å². The lowest BCUT2D eigenvalue weighted by Crippen LogP contribution is -2.54. The number of hydrogen-bond donors (Lipinski definition) is 2. The van der Waals surface area contributed by atoms with Gasteiger partial charge in [0, 0.05) is 5.41 Å². The Balaban J connectivity index is 1.53. The van der Waals surface area contributed by atoms with Crippen LogP contribution >= 0.6 is 0 Å². The highest BCUT2D eigenvalue weighted by Crippen LogP contribution is 2.66. The summed E-state index contributed by atoms with van der Waals surface area (Å²) in [7, 11) is 0. The average Bonchev–Trinajstić information content (AvgIpc) is 3.15. The molecule has 3 fully saturated rings. The van der Waals surface area contributed by atoms with E-state index in [0.717, 1.165) is 32.1 Å². The minimum absolute atomic E-state index is 0.0987. The van der Waals surface area contributed by atoms with Crippen LogP contribution in [0.1, 0.15) is 49.7 Å². The second-order valence-electron chi connectivity index (χ2n) is 8.37. The molecule has 24 heavy (non-hydrogen) atoms. The lowest BCUT2D eigenvalue weighted by molar-refractivity contribution is -0.270. The number of aliphatic hydroxyl groups is 1. The lowest BCUT2D eigenvalue weighted by atomic mass is 9.55. The van der Waals surface area contributed by atoms with Gasteiger partial charge in [-0.2, -0.15) is 0 Å². The van der Waals surface area contributed by atoms with Crippen LogP contribution in [-0.2, 0) is 15.9 Å². The fraction of sp³-hybridized carbons (Fsp3) is 0.700. The molecule has 1 heterocycles. The van der Waals surface area contributed by atoms with Crippen molar-refractivity contribution in [2.45, 2.75) is 56.8 Å². The minimum atomic E-state index is -0.780. The van der Waals surface area contributed by atoms with Crippen LogP contribution < -0.4 is 0 Å². The first kappa shape index (κ1) is 15.2. The number of fused-ring (bicyclic) bond motifs is 6. The second kappa shape index (κ2) is 4.96. The molecular formula is C20H26O4. The van der Waals surface area contributed by atoms with E-state index in [2.05, 4.69) is 13.0 Å². The van der Waals surface area contributed by atoms with Gasteiger partial charge in [-0.3, -0.25) is 0 Å². The van der Waals surface area contributed by atoms with E-state index in [0.29, 0.717) is 36.7 Å². The quantitative estimate of drug-likeness (QED) is 0.768. The van der Waals surface area contributed by atoms with Crippen molar-refractivity contribution in [3.63, 3.8) is 0 Å². The Morgan fingerprint density at radius 3 is 2.75 bits per heavy atom. The Labute approximate surface area is 142 Å². The standard InChI is InChI=1S/C20H26O4/c1-19-7-6-15-14-5-3-13(21)10-12(14)2-4-16(15)17(19)11-18(22)20(19)23-8-9-24-20/h3,5,10,15-18,21-22H,2,4,6-9,11H2,1H3/t15-,16+,17+,18+,19-/m0/s1. The number of phenolic OH excluding ortho intramolecular Hbond substituents is 1. The molecule has 0 aromatic heterocycles. The third-order valence-corrected chi connectivity index (χ3v) is 7.53. The molecule has 1 aromatic carbocycles. The van der Waals surface area contributed by atoms with Crippen molar-refractivity contribution in [2.75, 3.05) is 13.2 Å². The zero-order valence-electron chi connectivity index (χ0n) is 14.2. The Bertz CT molecular complexity index is 666. The van der Waals surface area contributed by atoms with Gasteiger partial charge in [-0.25, -0.2) is 0 Å². The van der Waals surface area contributed by atoms with E-state index in [1.54, 1.807) is 0 Å². The molecule has 0 unspecified atom stereocenters. The van der Waals surface area contributed by atoms with Crippen molar-refractivity contribution in [3.05, 3.63) is 29.3 Å². The van der Waals surface area contributed by atoms with E-state index in [1.807, 2.05) is 12.1 Å². The molecule has 5 atom stereocenters. The number of aryl methyl sites for hydroxylation is 1. The van der Waals surface area contributed by atoms with Crippen molar-refractivity contribution in [1.29, 1.82) is 0 Å². The van der Waals surface area contributed by atoms with Crippen LogP contribution in [0.25, 0.3) is 0 Å². The van der Waals surface area contributed by atoms with Crippen LogP contribution in [-0.4, -0.2) is 35.3 Å². The number of aromatic hydroxyl groups is 1. The van der Waals surface area contributed by atoms with E-state index < -0.39 is 11.9 Å². The molecular weight excluding hydrogens is 304 g/mol. The maximum atomic E-state index is 10.8. The van der Waals surface area contributed by atoms with Crippen molar-refractivity contribution < 1.29 is 19.7 Å². The Hall–Kier alpha value is -1.10. The van der Waals surface area contributed by atoms with Gasteiger partial charge in [0.1, 0.15) is 11.9 Å². The van der Waals surface area contributed by atoms with E-state index >= 15 is 0 Å². The van der Waals surface area contributed by atoms with Crippen LogP contribution in [0.15, 0.2) is 18.2 Å². The molecule has 1 saturated heterocycles. The van der Waals surface area contributed by atoms with Crippen molar-refractivity contribution in [1.82, 2.24) is 0 Å². The predicted octanol–water partition coefficient (Wildman–Crippen LogP) is 2.96. The van der Waals surface area contributed by atoms with Crippen LogP contribution in [0, 0.1) is 17.3 Å². The second-order valence-corrected chi connectivity index (χ2v) is 8.37. The lowest BCUT2D eigenvalue weighted by Gasteiger charge is -2.52. The summed E-state index contributed by atoms with van der Waals surface area (Å²) in [4.78, 5) is 0. The highest BCUT2D eigenvalue weighted by atomic mass is 16.7. The summed E-state index contributed by atoms with van der Waals surface area (Å²) in [6.45, 7) is 3.47. The van der Waals surface area contributed by atoms with Gasteiger partial charge in [0.05, 0.1) is 13.2 Å². The first-order valence-corrected chi connectivity index (χ1v) is 9.33. The first-order valence-electron chi connectivity index (χ1n) is 9.33. The molecule has 2 N–H and O–H groups in total. The summed E-state index contributed by atoms with van der Waals surface area (Å²) in [5, 5.41) is 20.6. The third-order valence-electron chi connectivity index (χ3n) is 7.53. The normalized spacial score (nSPS) is 42.6. The molecule has 4 nitrogen and oxygen atoms in total. The smallest absolute Gasteiger partial charge is 0.200 e. The van der Waals surface area contributed by atoms with Gasteiger partial charge in [0.2, 0.25) is 0 Å². The summed E-state index contributed by atoms with van der Waals surface area (Å²) >= 11 is 0. The van der Waals surface area contributed by atoms with Gasteiger partial charge in [0.15, 0.2) is 5.79 Å². The maximum Gasteiger partial charge on any atom is 0.200 e. The summed E-state index contributed by atoms with van der Waals surface area (Å²) in [5.41, 5.74) is 2.62. The van der Waals surface area contributed by atoms with E-state index in [-0.39, 0.29) is 5.41 Å². The fourth-order valence-electron chi connectivity index (χ4n) is 6.48. The third kappa shape index (κ3) is 1.74. The molecule has 0 bridgehead atoms. The summed E-state index contributed by atoms with van der Waals surface area (Å²) < 4.78 is 12.1. The number of benzene rings is 1. The van der Waals surface area contributed by atoms with E-state index in [1.165, 1.54) is 11.1 Å². The van der Waals surface area contributed by atoms with Crippen LogP contribution in [0.5, 0.6) is 5.75 Å². The molecule has 1 aliphatic heterocycles. The fourth-order valence-corrected chi connectivity index (χ4v) is 6.48. The summed E-state index contributed by atoms with van der Waals surface area (Å²) in [5.74, 6) is 1.14. The molecule has 1 spiro atoms. The highest BCUT2D eigenvalue weighted by molar-refractivity contribution is 5.40. The summed E-state index contributed by atoms with van der Waals surface area (Å²) in [6, 6.07) is 5.88. The largest absolute Gasteiger partial charge is 0.508 e.